The SMILES string of the molecule is CCOc1ccc(C(=O)Nc2nnc(CCNS(=O)(=O)c3ccc(C)cc3)s2)cc1OCC. The molecule has 0 unspecified atom stereocenters. The molecule has 0 aliphatic rings. The van der Waals surface area contributed by atoms with Gasteiger partial charge in [0.2, 0.25) is 15.2 Å². The molecule has 3 aromatic rings. The van der Waals surface area contributed by atoms with Gasteiger partial charge in [0.05, 0.1) is 18.1 Å². The third-order valence-electron chi connectivity index (χ3n) is 4.46. The number of hydrogen-bond acceptors (Lipinski definition) is 8. The average Bonchev–Trinajstić information content (AvgIpc) is 3.22. The standard InChI is InChI=1S/C22H26N4O5S2/c1-4-30-18-11-8-16(14-19(18)31-5-2)21(27)24-22-26-25-20(32-22)12-13-23-33(28,29)17-9-6-15(3)7-10-17/h6-11,14,23H,4-5,12-13H2,1-3H3,(H,24,26,27). The fourth-order valence-electron chi connectivity index (χ4n) is 2.86. The summed E-state index contributed by atoms with van der Waals surface area (Å²) in [5, 5.41) is 11.6. The van der Waals surface area contributed by atoms with Gasteiger partial charge < -0.3 is 9.47 Å². The van der Waals surface area contributed by atoms with Gasteiger partial charge in [0.15, 0.2) is 11.5 Å². The number of carbonyl (C=O) groups is 1. The summed E-state index contributed by atoms with van der Waals surface area (Å²) in [6.07, 6.45) is 0.343. The molecular weight excluding hydrogens is 464 g/mol. The van der Waals surface area contributed by atoms with Gasteiger partial charge in [-0.3, -0.25) is 10.1 Å². The zero-order chi connectivity index (χ0) is 23.8. The van der Waals surface area contributed by atoms with Crippen LogP contribution in [0.15, 0.2) is 47.4 Å². The molecule has 1 aromatic heterocycles. The van der Waals surface area contributed by atoms with Gasteiger partial charge in [-0.05, 0) is 51.1 Å². The van der Waals surface area contributed by atoms with Gasteiger partial charge in [-0.1, -0.05) is 29.0 Å². The number of sulfonamides is 1. The van der Waals surface area contributed by atoms with E-state index in [1.807, 2.05) is 20.8 Å². The third kappa shape index (κ3) is 6.73. The van der Waals surface area contributed by atoms with E-state index in [0.29, 0.717) is 46.8 Å². The number of nitrogens with zero attached hydrogens (tertiary/aromatic N) is 2. The molecule has 0 saturated heterocycles. The number of hydrogen-bond donors (Lipinski definition) is 2. The minimum Gasteiger partial charge on any atom is -0.490 e. The molecule has 33 heavy (non-hydrogen) atoms. The molecule has 3 rings (SSSR count). The van der Waals surface area contributed by atoms with Crippen molar-refractivity contribution in [1.82, 2.24) is 14.9 Å². The first kappa shape index (κ1) is 24.6. The zero-order valence-corrected chi connectivity index (χ0v) is 20.3. The van der Waals surface area contributed by atoms with Crippen LogP contribution >= 0.6 is 11.3 Å². The summed E-state index contributed by atoms with van der Waals surface area (Å²) in [7, 11) is -3.60. The third-order valence-corrected chi connectivity index (χ3v) is 6.83. The lowest BCUT2D eigenvalue weighted by Crippen LogP contribution is -2.25. The number of anilines is 1. The smallest absolute Gasteiger partial charge is 0.257 e. The number of benzene rings is 2. The quantitative estimate of drug-likeness (QED) is 0.423. The Hall–Kier alpha value is -3.02. The Labute approximate surface area is 197 Å². The Morgan fingerprint density at radius 3 is 2.39 bits per heavy atom. The molecule has 2 N–H and O–H groups in total. The van der Waals surface area contributed by atoms with E-state index in [2.05, 4.69) is 20.2 Å². The molecule has 1 heterocycles. The van der Waals surface area contributed by atoms with E-state index in [-0.39, 0.29) is 17.3 Å². The summed E-state index contributed by atoms with van der Waals surface area (Å²) in [5.41, 5.74) is 1.38. The molecule has 0 spiro atoms. The predicted molar refractivity (Wildman–Crippen MR) is 127 cm³/mol. The predicted octanol–water partition coefficient (Wildman–Crippen LogP) is 3.42. The molecule has 9 nitrogen and oxygen atoms in total. The highest BCUT2D eigenvalue weighted by Gasteiger charge is 2.16. The summed E-state index contributed by atoms with van der Waals surface area (Å²) in [5.74, 6) is 0.703. The number of aryl methyl sites for hydroxylation is 1. The van der Waals surface area contributed by atoms with Gasteiger partial charge in [0.1, 0.15) is 5.01 Å². The van der Waals surface area contributed by atoms with Crippen molar-refractivity contribution in [1.29, 1.82) is 0 Å². The van der Waals surface area contributed by atoms with E-state index in [9.17, 15) is 13.2 Å². The van der Waals surface area contributed by atoms with Crippen LogP contribution in [-0.2, 0) is 16.4 Å². The summed E-state index contributed by atoms with van der Waals surface area (Å²) in [4.78, 5) is 12.8. The molecule has 0 fully saturated rings. The fraction of sp³-hybridized carbons (Fsp3) is 0.318. The van der Waals surface area contributed by atoms with Gasteiger partial charge in [0, 0.05) is 18.5 Å². The van der Waals surface area contributed by atoms with Crippen LogP contribution in [0.2, 0.25) is 0 Å². The molecule has 0 aliphatic carbocycles. The van der Waals surface area contributed by atoms with Crippen molar-refractivity contribution in [2.75, 3.05) is 25.1 Å². The van der Waals surface area contributed by atoms with Crippen LogP contribution in [0.3, 0.4) is 0 Å². The largest absolute Gasteiger partial charge is 0.490 e. The van der Waals surface area contributed by atoms with Crippen molar-refractivity contribution in [3.63, 3.8) is 0 Å². The van der Waals surface area contributed by atoms with Crippen LogP contribution in [0.4, 0.5) is 5.13 Å². The van der Waals surface area contributed by atoms with Crippen molar-refractivity contribution < 1.29 is 22.7 Å². The highest BCUT2D eigenvalue weighted by molar-refractivity contribution is 7.89. The van der Waals surface area contributed by atoms with E-state index in [1.165, 1.54) is 11.3 Å². The van der Waals surface area contributed by atoms with Crippen LogP contribution in [0.5, 0.6) is 11.5 Å². The van der Waals surface area contributed by atoms with Gasteiger partial charge in [0.25, 0.3) is 5.91 Å². The number of aromatic nitrogens is 2. The summed E-state index contributed by atoms with van der Waals surface area (Å²) >= 11 is 1.19. The van der Waals surface area contributed by atoms with E-state index < -0.39 is 10.0 Å². The highest BCUT2D eigenvalue weighted by Crippen LogP contribution is 2.29. The van der Waals surface area contributed by atoms with Crippen molar-refractivity contribution in [2.45, 2.75) is 32.1 Å². The van der Waals surface area contributed by atoms with Gasteiger partial charge in [-0.15, -0.1) is 10.2 Å². The van der Waals surface area contributed by atoms with Crippen LogP contribution < -0.4 is 19.5 Å². The molecular formula is C22H26N4O5S2. The second kappa shape index (κ2) is 11.2. The number of rotatable bonds is 11. The maximum atomic E-state index is 12.6. The Balaban J connectivity index is 1.57. The molecule has 176 valence electrons. The summed E-state index contributed by atoms with van der Waals surface area (Å²) in [6, 6.07) is 11.6. The van der Waals surface area contributed by atoms with E-state index in [0.717, 1.165) is 5.56 Å². The van der Waals surface area contributed by atoms with Crippen LogP contribution in [-0.4, -0.2) is 44.3 Å². The molecule has 11 heteroatoms. The molecule has 1 amide bonds. The summed E-state index contributed by atoms with van der Waals surface area (Å²) in [6.45, 7) is 6.71. The van der Waals surface area contributed by atoms with Crippen LogP contribution in [0, 0.1) is 6.92 Å². The number of nitrogens with one attached hydrogen (secondary N) is 2. The van der Waals surface area contributed by atoms with Gasteiger partial charge >= 0.3 is 0 Å². The molecule has 0 aliphatic heterocycles. The Morgan fingerprint density at radius 1 is 1.00 bits per heavy atom. The van der Waals surface area contributed by atoms with Crippen LogP contribution in [0.1, 0.15) is 34.8 Å². The first-order chi connectivity index (χ1) is 15.8. The lowest BCUT2D eigenvalue weighted by Gasteiger charge is -2.12. The fourth-order valence-corrected chi connectivity index (χ4v) is 4.63. The topological polar surface area (TPSA) is 120 Å². The maximum absolute atomic E-state index is 12.6. The van der Waals surface area contributed by atoms with Crippen molar-refractivity contribution in [2.24, 2.45) is 0 Å². The van der Waals surface area contributed by atoms with Gasteiger partial charge in [-0.25, -0.2) is 13.1 Å². The van der Waals surface area contributed by atoms with E-state index in [4.69, 9.17) is 9.47 Å². The van der Waals surface area contributed by atoms with Crippen LogP contribution in [0.25, 0.3) is 0 Å². The number of carbonyl (C=O) groups excluding carboxylic acids is 1. The Morgan fingerprint density at radius 2 is 1.70 bits per heavy atom. The first-order valence-corrected chi connectivity index (χ1v) is 12.7. The highest BCUT2D eigenvalue weighted by atomic mass is 32.2. The van der Waals surface area contributed by atoms with Crippen molar-refractivity contribution in [3.8, 4) is 11.5 Å². The maximum Gasteiger partial charge on any atom is 0.257 e. The Bertz CT molecular complexity index is 1190. The number of amides is 1. The summed E-state index contributed by atoms with van der Waals surface area (Å²) < 4.78 is 38.3. The second-order valence-electron chi connectivity index (χ2n) is 6.94. The van der Waals surface area contributed by atoms with Crippen molar-refractivity contribution >= 4 is 32.4 Å². The molecule has 0 saturated carbocycles. The molecule has 2 aromatic carbocycles. The minimum absolute atomic E-state index is 0.162. The molecule has 0 bridgehead atoms. The normalized spacial score (nSPS) is 11.2. The average molecular weight is 491 g/mol. The molecule has 0 atom stereocenters. The Kier molecular flexibility index (Phi) is 8.37. The van der Waals surface area contributed by atoms with Crippen molar-refractivity contribution in [3.05, 3.63) is 58.6 Å². The zero-order valence-electron chi connectivity index (χ0n) is 18.6. The minimum atomic E-state index is -3.60. The van der Waals surface area contributed by atoms with E-state index >= 15 is 0 Å². The number of ether oxygens (including phenoxy) is 2. The first-order valence-electron chi connectivity index (χ1n) is 10.4. The van der Waals surface area contributed by atoms with Gasteiger partial charge in [-0.2, -0.15) is 0 Å². The molecule has 0 radical (unpaired) electrons. The second-order valence-corrected chi connectivity index (χ2v) is 9.77. The lowest BCUT2D eigenvalue weighted by molar-refractivity contribution is 0.102. The van der Waals surface area contributed by atoms with E-state index in [1.54, 1.807) is 42.5 Å². The monoisotopic (exact) mass is 490 g/mol. The lowest BCUT2D eigenvalue weighted by atomic mass is 10.2.